The van der Waals surface area contributed by atoms with Gasteiger partial charge in [-0.2, -0.15) is 0 Å². The Balaban J connectivity index is 2.36. The van der Waals surface area contributed by atoms with Crippen LogP contribution in [0, 0.1) is 23.4 Å². The first-order valence-corrected chi connectivity index (χ1v) is 7.08. The number of rotatable bonds is 3. The van der Waals surface area contributed by atoms with Crippen molar-refractivity contribution in [1.29, 1.82) is 0 Å². The van der Waals surface area contributed by atoms with Gasteiger partial charge in [0, 0.05) is 37.3 Å². The summed E-state index contributed by atoms with van der Waals surface area (Å²) >= 11 is 0. The van der Waals surface area contributed by atoms with Gasteiger partial charge < -0.3 is 10.2 Å². The van der Waals surface area contributed by atoms with Crippen LogP contribution in [0.2, 0.25) is 0 Å². The minimum atomic E-state index is -0.882. The lowest BCUT2D eigenvalue weighted by atomic mass is 9.97. The van der Waals surface area contributed by atoms with Gasteiger partial charge >= 0.3 is 0 Å². The Labute approximate surface area is 118 Å². The number of benzene rings is 1. The summed E-state index contributed by atoms with van der Waals surface area (Å²) in [4.78, 5) is 1.74. The molecular weight excluding hydrogens is 265 g/mol. The zero-order chi connectivity index (χ0) is 14.9. The fourth-order valence-corrected chi connectivity index (χ4v) is 2.72. The lowest BCUT2D eigenvalue weighted by Gasteiger charge is -2.43. The number of anilines is 1. The molecule has 20 heavy (non-hydrogen) atoms. The maximum Gasteiger partial charge on any atom is 0.152 e. The van der Waals surface area contributed by atoms with Crippen molar-refractivity contribution in [3.63, 3.8) is 0 Å². The molecule has 112 valence electrons. The predicted molar refractivity (Wildman–Crippen MR) is 74.4 cm³/mol. The molecule has 1 saturated heterocycles. The first-order chi connectivity index (χ1) is 9.43. The molecule has 1 aromatic rings. The van der Waals surface area contributed by atoms with Gasteiger partial charge in [-0.15, -0.1) is 0 Å². The zero-order valence-electron chi connectivity index (χ0n) is 12.1. The average molecular weight is 286 g/mol. The Morgan fingerprint density at radius 3 is 2.35 bits per heavy atom. The Morgan fingerprint density at radius 1 is 1.25 bits per heavy atom. The smallest absolute Gasteiger partial charge is 0.152 e. The fourth-order valence-electron chi connectivity index (χ4n) is 2.72. The van der Waals surface area contributed by atoms with Crippen LogP contribution in [0.1, 0.15) is 27.2 Å². The van der Waals surface area contributed by atoms with Crippen LogP contribution >= 0.6 is 0 Å². The minimum Gasteiger partial charge on any atom is -0.361 e. The highest BCUT2D eigenvalue weighted by Crippen LogP contribution is 2.29. The predicted octanol–water partition coefficient (Wildman–Crippen LogP) is 3.32. The van der Waals surface area contributed by atoms with Crippen molar-refractivity contribution in [2.45, 2.75) is 39.3 Å². The normalized spacial score (nSPS) is 23.4. The quantitative estimate of drug-likeness (QED) is 0.917. The number of piperazine rings is 1. The highest BCUT2D eigenvalue weighted by atomic mass is 19.1. The molecular formula is C15H21F3N2. The molecule has 1 fully saturated rings. The molecule has 2 rings (SSSR count). The second-order valence-corrected chi connectivity index (χ2v) is 5.69. The summed E-state index contributed by atoms with van der Waals surface area (Å²) < 4.78 is 41.0. The summed E-state index contributed by atoms with van der Waals surface area (Å²) in [5.74, 6) is -2.18. The van der Waals surface area contributed by atoms with E-state index in [1.165, 1.54) is 0 Å². The van der Waals surface area contributed by atoms with Crippen LogP contribution < -0.4 is 10.2 Å². The monoisotopic (exact) mass is 286 g/mol. The van der Waals surface area contributed by atoms with Crippen molar-refractivity contribution in [3.8, 4) is 0 Å². The summed E-state index contributed by atoms with van der Waals surface area (Å²) in [5.41, 5.74) is -0.106. The largest absolute Gasteiger partial charge is 0.361 e. The Kier molecular flexibility index (Phi) is 4.58. The number of halogens is 3. The van der Waals surface area contributed by atoms with E-state index in [4.69, 9.17) is 0 Å². The molecule has 2 nitrogen and oxygen atoms in total. The summed E-state index contributed by atoms with van der Waals surface area (Å²) in [7, 11) is 0. The van der Waals surface area contributed by atoms with Crippen LogP contribution in [0.4, 0.5) is 18.9 Å². The van der Waals surface area contributed by atoms with E-state index in [2.05, 4.69) is 19.2 Å². The molecule has 1 aromatic carbocycles. The van der Waals surface area contributed by atoms with E-state index >= 15 is 0 Å². The van der Waals surface area contributed by atoms with Crippen LogP contribution in [0.15, 0.2) is 12.1 Å². The molecule has 1 aliphatic heterocycles. The van der Waals surface area contributed by atoms with Crippen LogP contribution in [-0.4, -0.2) is 25.2 Å². The topological polar surface area (TPSA) is 15.3 Å². The van der Waals surface area contributed by atoms with Gasteiger partial charge in [-0.05, 0) is 12.3 Å². The molecule has 1 heterocycles. The van der Waals surface area contributed by atoms with Gasteiger partial charge in [0.25, 0.3) is 0 Å². The van der Waals surface area contributed by atoms with Gasteiger partial charge in [-0.25, -0.2) is 13.2 Å². The van der Waals surface area contributed by atoms with Gasteiger partial charge in [-0.3, -0.25) is 0 Å². The fraction of sp³-hybridized carbons (Fsp3) is 0.600. The zero-order valence-corrected chi connectivity index (χ0v) is 12.1. The summed E-state index contributed by atoms with van der Waals surface area (Å²) in [6, 6.07) is 1.68. The van der Waals surface area contributed by atoms with Gasteiger partial charge in [-0.1, -0.05) is 20.8 Å². The molecule has 0 amide bonds. The molecule has 1 N–H and O–H groups in total. The van der Waals surface area contributed by atoms with Gasteiger partial charge in [0.15, 0.2) is 11.6 Å². The molecule has 0 saturated carbocycles. The molecule has 0 bridgehead atoms. The third-order valence-corrected chi connectivity index (χ3v) is 3.99. The van der Waals surface area contributed by atoms with E-state index in [9.17, 15) is 13.2 Å². The second-order valence-electron chi connectivity index (χ2n) is 5.69. The van der Waals surface area contributed by atoms with E-state index in [0.29, 0.717) is 19.0 Å². The molecule has 0 radical (unpaired) electrons. The van der Waals surface area contributed by atoms with Crippen molar-refractivity contribution < 1.29 is 13.2 Å². The molecule has 2 unspecified atom stereocenters. The summed E-state index contributed by atoms with van der Waals surface area (Å²) in [5, 5.41) is 3.41. The molecule has 2 atom stereocenters. The van der Waals surface area contributed by atoms with Crippen LogP contribution in [0.5, 0.6) is 0 Å². The number of nitrogens with one attached hydrogen (secondary N) is 1. The third kappa shape index (κ3) is 2.92. The van der Waals surface area contributed by atoms with Crippen molar-refractivity contribution in [1.82, 2.24) is 5.32 Å². The van der Waals surface area contributed by atoms with E-state index < -0.39 is 17.5 Å². The molecule has 0 aliphatic carbocycles. The maximum absolute atomic E-state index is 14.0. The highest BCUT2D eigenvalue weighted by molar-refractivity contribution is 5.51. The van der Waals surface area contributed by atoms with Gasteiger partial charge in [0.2, 0.25) is 0 Å². The van der Waals surface area contributed by atoms with Crippen LogP contribution in [0.25, 0.3) is 0 Å². The molecule has 0 spiro atoms. The number of hydrogen-bond donors (Lipinski definition) is 1. The van der Waals surface area contributed by atoms with E-state index in [0.717, 1.165) is 18.6 Å². The summed E-state index contributed by atoms with van der Waals surface area (Å²) in [6.45, 7) is 7.32. The first-order valence-electron chi connectivity index (χ1n) is 7.08. The SMILES string of the molecule is CCC1CNC(C(C)C)CN1c1c(F)cc(F)cc1F. The molecule has 0 aromatic heterocycles. The van der Waals surface area contributed by atoms with Crippen molar-refractivity contribution in [2.24, 2.45) is 5.92 Å². The van der Waals surface area contributed by atoms with E-state index in [1.54, 1.807) is 4.90 Å². The number of hydrogen-bond acceptors (Lipinski definition) is 2. The average Bonchev–Trinajstić information content (AvgIpc) is 2.37. The van der Waals surface area contributed by atoms with Crippen molar-refractivity contribution in [2.75, 3.05) is 18.0 Å². The first kappa shape index (κ1) is 15.2. The minimum absolute atomic E-state index is 0.0134. The molecule has 5 heteroatoms. The lowest BCUT2D eigenvalue weighted by molar-refractivity contribution is 0.320. The van der Waals surface area contributed by atoms with Crippen molar-refractivity contribution in [3.05, 3.63) is 29.6 Å². The summed E-state index contributed by atoms with van der Waals surface area (Å²) in [6.07, 6.45) is 0.772. The van der Waals surface area contributed by atoms with Gasteiger partial charge in [0.05, 0.1) is 0 Å². The second kappa shape index (κ2) is 6.04. The van der Waals surface area contributed by atoms with Crippen LogP contribution in [-0.2, 0) is 0 Å². The Bertz CT molecular complexity index is 453. The Hall–Kier alpha value is -1.23. The van der Waals surface area contributed by atoms with Gasteiger partial charge in [0.1, 0.15) is 11.5 Å². The third-order valence-electron chi connectivity index (χ3n) is 3.99. The number of nitrogens with zero attached hydrogens (tertiary/aromatic N) is 1. The lowest BCUT2D eigenvalue weighted by Crippen LogP contribution is -2.58. The Morgan fingerprint density at radius 2 is 1.85 bits per heavy atom. The van der Waals surface area contributed by atoms with Crippen molar-refractivity contribution >= 4 is 5.69 Å². The molecule has 1 aliphatic rings. The maximum atomic E-state index is 14.0. The standard InChI is InChI=1S/C15H21F3N2/c1-4-11-7-19-14(9(2)3)8-20(11)15-12(17)5-10(16)6-13(15)18/h5-6,9,11,14,19H,4,7-8H2,1-3H3. The van der Waals surface area contributed by atoms with Crippen LogP contribution in [0.3, 0.4) is 0 Å². The van der Waals surface area contributed by atoms with E-state index in [1.807, 2.05) is 6.92 Å². The van der Waals surface area contributed by atoms with E-state index in [-0.39, 0.29) is 17.8 Å². The highest BCUT2D eigenvalue weighted by Gasteiger charge is 2.31.